The lowest BCUT2D eigenvalue weighted by Gasteiger charge is -2.18. The number of carbonyl (C=O) groups excluding carboxylic acids is 2. The van der Waals surface area contributed by atoms with Crippen LogP contribution in [0.15, 0.2) is 83.3 Å². The monoisotopic (exact) mass is 562 g/mol. The summed E-state index contributed by atoms with van der Waals surface area (Å²) in [7, 11) is -4.14. The molecular weight excluding hydrogens is 528 g/mol. The lowest BCUT2D eigenvalue weighted by molar-refractivity contribution is -0.120. The van der Waals surface area contributed by atoms with Gasteiger partial charge < -0.3 is 15.1 Å². The first kappa shape index (κ1) is 29.0. The minimum atomic E-state index is -4.14. The highest BCUT2D eigenvalue weighted by Gasteiger charge is 2.20. The molecule has 9 heteroatoms. The van der Waals surface area contributed by atoms with Crippen LogP contribution in [0.2, 0.25) is 0 Å². The van der Waals surface area contributed by atoms with Crippen LogP contribution in [0, 0.1) is 11.8 Å². The average Bonchev–Trinajstić information content (AvgIpc) is 3.35. The molecule has 1 unspecified atom stereocenters. The lowest BCUT2D eigenvalue weighted by atomic mass is 9.90. The quantitative estimate of drug-likeness (QED) is 0.183. The Balaban J connectivity index is 1.39. The minimum absolute atomic E-state index is 0.0656. The van der Waals surface area contributed by atoms with Crippen molar-refractivity contribution in [2.24, 2.45) is 11.8 Å². The minimum Gasteiger partial charge on any atom is -0.456 e. The Labute approximate surface area is 234 Å². The molecule has 8 nitrogen and oxygen atoms in total. The summed E-state index contributed by atoms with van der Waals surface area (Å²) < 4.78 is 36.4. The standard InChI is InChI=1S/C31H34N2O6S/c1-21(2)7-10-26(19-22-8-11-24(12-9-22)30(34)32-17-18-40(36,37)38)31(35)33-27-15-13-23(14-16-27)29-20-25-5-3-4-6-28(25)39-29/h3-6,8-9,11-16,20-21,26H,7,10,17-19H2,1-2H3,(H,32,34)(H,33,35)(H,36,37,38). The highest BCUT2D eigenvalue weighted by Crippen LogP contribution is 2.29. The molecule has 4 rings (SSSR count). The zero-order valence-electron chi connectivity index (χ0n) is 22.6. The molecule has 1 heterocycles. The lowest BCUT2D eigenvalue weighted by Crippen LogP contribution is -2.29. The van der Waals surface area contributed by atoms with Crippen LogP contribution < -0.4 is 10.6 Å². The molecule has 4 aromatic rings. The van der Waals surface area contributed by atoms with E-state index in [0.29, 0.717) is 23.6 Å². The van der Waals surface area contributed by atoms with Gasteiger partial charge in [-0.2, -0.15) is 8.42 Å². The Morgan fingerprint density at radius 1 is 0.925 bits per heavy atom. The topological polar surface area (TPSA) is 126 Å². The molecule has 0 bridgehead atoms. The highest BCUT2D eigenvalue weighted by atomic mass is 32.2. The number of hydrogen-bond donors (Lipinski definition) is 3. The van der Waals surface area contributed by atoms with Crippen LogP contribution in [-0.4, -0.2) is 37.1 Å². The van der Waals surface area contributed by atoms with Crippen molar-refractivity contribution in [2.75, 3.05) is 17.6 Å². The number of hydrogen-bond acceptors (Lipinski definition) is 5. The van der Waals surface area contributed by atoms with E-state index in [0.717, 1.165) is 40.7 Å². The Kier molecular flexibility index (Phi) is 9.39. The second kappa shape index (κ2) is 12.9. The average molecular weight is 563 g/mol. The fourth-order valence-corrected chi connectivity index (χ4v) is 4.78. The smallest absolute Gasteiger partial charge is 0.266 e. The van der Waals surface area contributed by atoms with Gasteiger partial charge in [0.25, 0.3) is 16.0 Å². The number of para-hydroxylation sites is 1. The maximum Gasteiger partial charge on any atom is 0.266 e. The molecule has 3 aromatic carbocycles. The van der Waals surface area contributed by atoms with Crippen molar-refractivity contribution < 1.29 is 27.0 Å². The molecule has 3 N–H and O–H groups in total. The number of anilines is 1. The second-order valence-electron chi connectivity index (χ2n) is 10.3. The third-order valence-corrected chi connectivity index (χ3v) is 7.39. The van der Waals surface area contributed by atoms with E-state index in [2.05, 4.69) is 24.5 Å². The van der Waals surface area contributed by atoms with Gasteiger partial charge in [-0.3, -0.25) is 14.1 Å². The third kappa shape index (κ3) is 8.27. The van der Waals surface area contributed by atoms with Crippen molar-refractivity contribution in [2.45, 2.75) is 33.1 Å². The van der Waals surface area contributed by atoms with Crippen molar-refractivity contribution in [3.05, 3.63) is 90.0 Å². The van der Waals surface area contributed by atoms with Crippen molar-refractivity contribution >= 4 is 38.6 Å². The summed E-state index contributed by atoms with van der Waals surface area (Å²) in [6.07, 6.45) is 2.13. The summed E-state index contributed by atoms with van der Waals surface area (Å²) in [5.41, 5.74) is 3.74. The first-order valence-corrected chi connectivity index (χ1v) is 14.9. The van der Waals surface area contributed by atoms with Gasteiger partial charge in [0.1, 0.15) is 11.3 Å². The second-order valence-corrected chi connectivity index (χ2v) is 11.9. The Morgan fingerprint density at radius 3 is 2.27 bits per heavy atom. The normalized spacial score (nSPS) is 12.4. The molecule has 0 radical (unpaired) electrons. The number of furan rings is 1. The number of nitrogens with one attached hydrogen (secondary N) is 2. The molecule has 0 aliphatic heterocycles. The fraction of sp³-hybridized carbons (Fsp3) is 0.290. The molecule has 1 aromatic heterocycles. The molecule has 0 aliphatic carbocycles. The van der Waals surface area contributed by atoms with Crippen LogP contribution in [0.4, 0.5) is 5.69 Å². The molecule has 40 heavy (non-hydrogen) atoms. The molecule has 1 atom stereocenters. The predicted octanol–water partition coefficient (Wildman–Crippen LogP) is 5.95. The van der Waals surface area contributed by atoms with E-state index in [4.69, 9.17) is 8.97 Å². The van der Waals surface area contributed by atoms with Gasteiger partial charge in [-0.1, -0.05) is 50.6 Å². The first-order chi connectivity index (χ1) is 19.1. The van der Waals surface area contributed by atoms with Crippen LogP contribution in [0.5, 0.6) is 0 Å². The van der Waals surface area contributed by atoms with Crippen LogP contribution >= 0.6 is 0 Å². The number of rotatable bonds is 12. The Morgan fingerprint density at radius 2 is 1.62 bits per heavy atom. The number of fused-ring (bicyclic) bond motifs is 1. The molecule has 0 saturated heterocycles. The zero-order chi connectivity index (χ0) is 28.7. The molecule has 0 fully saturated rings. The Hall–Kier alpha value is -3.95. The van der Waals surface area contributed by atoms with Crippen LogP contribution in [-0.2, 0) is 21.3 Å². The van der Waals surface area contributed by atoms with Crippen molar-refractivity contribution in [1.82, 2.24) is 5.32 Å². The first-order valence-electron chi connectivity index (χ1n) is 13.3. The number of carbonyl (C=O) groups is 2. The SMILES string of the molecule is CC(C)CCC(Cc1ccc(C(=O)NCCS(=O)(=O)O)cc1)C(=O)Nc1ccc(-c2cc3ccccc3o2)cc1. The summed E-state index contributed by atoms with van der Waals surface area (Å²) in [6, 6.07) is 24.3. The van der Waals surface area contributed by atoms with Crippen LogP contribution in [0.25, 0.3) is 22.3 Å². The highest BCUT2D eigenvalue weighted by molar-refractivity contribution is 7.85. The van der Waals surface area contributed by atoms with E-state index in [1.54, 1.807) is 24.3 Å². The number of amides is 2. The van der Waals surface area contributed by atoms with Crippen molar-refractivity contribution in [3.8, 4) is 11.3 Å². The maximum absolute atomic E-state index is 13.3. The van der Waals surface area contributed by atoms with Gasteiger partial charge in [0.2, 0.25) is 5.91 Å². The molecular formula is C31H34N2O6S. The molecule has 0 spiro atoms. The van der Waals surface area contributed by atoms with E-state index < -0.39 is 21.8 Å². The molecule has 2 amide bonds. The third-order valence-electron chi connectivity index (χ3n) is 6.67. The maximum atomic E-state index is 13.3. The summed E-state index contributed by atoms with van der Waals surface area (Å²) in [6.45, 7) is 4.07. The summed E-state index contributed by atoms with van der Waals surface area (Å²) in [5, 5.41) is 6.56. The van der Waals surface area contributed by atoms with Crippen molar-refractivity contribution in [3.63, 3.8) is 0 Å². The summed E-state index contributed by atoms with van der Waals surface area (Å²) in [4.78, 5) is 25.6. The van der Waals surface area contributed by atoms with E-state index >= 15 is 0 Å². The van der Waals surface area contributed by atoms with Gasteiger partial charge in [-0.15, -0.1) is 0 Å². The van der Waals surface area contributed by atoms with Gasteiger partial charge in [0, 0.05) is 34.7 Å². The van der Waals surface area contributed by atoms with Crippen LogP contribution in [0.3, 0.4) is 0 Å². The van der Waals surface area contributed by atoms with Gasteiger partial charge in [0.05, 0.1) is 5.75 Å². The van der Waals surface area contributed by atoms with Gasteiger partial charge in [-0.25, -0.2) is 0 Å². The van der Waals surface area contributed by atoms with Gasteiger partial charge in [-0.05, 0) is 72.9 Å². The van der Waals surface area contributed by atoms with Gasteiger partial charge in [0.15, 0.2) is 0 Å². The zero-order valence-corrected chi connectivity index (χ0v) is 23.4. The Bertz CT molecular complexity index is 1520. The predicted molar refractivity (Wildman–Crippen MR) is 157 cm³/mol. The molecule has 0 aliphatic rings. The summed E-state index contributed by atoms with van der Waals surface area (Å²) in [5.74, 6) is -0.0883. The van der Waals surface area contributed by atoms with E-state index in [-0.39, 0.29) is 18.4 Å². The van der Waals surface area contributed by atoms with Crippen molar-refractivity contribution in [1.29, 1.82) is 0 Å². The largest absolute Gasteiger partial charge is 0.456 e. The summed E-state index contributed by atoms with van der Waals surface area (Å²) >= 11 is 0. The molecule has 210 valence electrons. The van der Waals surface area contributed by atoms with E-state index in [9.17, 15) is 18.0 Å². The van der Waals surface area contributed by atoms with Gasteiger partial charge >= 0.3 is 0 Å². The molecule has 0 saturated carbocycles. The van der Waals surface area contributed by atoms with E-state index in [1.165, 1.54) is 0 Å². The van der Waals surface area contributed by atoms with Crippen LogP contribution in [0.1, 0.15) is 42.6 Å². The fourth-order valence-electron chi connectivity index (χ4n) is 4.42. The van der Waals surface area contributed by atoms with E-state index in [1.807, 2.05) is 54.6 Å². The number of benzene rings is 3.